The Balaban J connectivity index is 1.57. The molecule has 0 aliphatic carbocycles. The third kappa shape index (κ3) is 9.62. The van der Waals surface area contributed by atoms with E-state index >= 15 is 0 Å². The number of aliphatic carboxylic acids is 1. The molecule has 14 heteroatoms. The highest BCUT2D eigenvalue weighted by atomic mass is 79.9. The van der Waals surface area contributed by atoms with Crippen molar-refractivity contribution in [1.82, 2.24) is 29.8 Å². The summed E-state index contributed by atoms with van der Waals surface area (Å²) in [5.74, 6) is -1.17. The lowest BCUT2D eigenvalue weighted by Crippen LogP contribution is -2.50. The molecule has 1 aromatic carbocycles. The fourth-order valence-electron chi connectivity index (χ4n) is 4.69. The number of carboxylic acids is 1. The lowest BCUT2D eigenvalue weighted by atomic mass is 9.87. The number of rotatable bonds is 12. The third-order valence-corrected chi connectivity index (χ3v) is 9.55. The molecule has 2 N–H and O–H groups in total. The van der Waals surface area contributed by atoms with Crippen LogP contribution >= 0.6 is 15.9 Å². The smallest absolute Gasteiger partial charge is 0.408 e. The molecule has 47 heavy (non-hydrogen) atoms. The Labute approximate surface area is 282 Å². The van der Waals surface area contributed by atoms with Crippen LogP contribution in [-0.2, 0) is 39.1 Å². The molecule has 0 fully saturated rings. The van der Waals surface area contributed by atoms with Crippen LogP contribution in [0.25, 0.3) is 11.3 Å². The number of carbonyl (C=O) groups excluding carboxylic acids is 1. The number of pyridine rings is 2. The fraction of sp³-hybridized carbons (Fsp3) is 0.333. The first kappa shape index (κ1) is 35.6. The number of hydrogen-bond acceptors (Lipinski definition) is 9. The maximum Gasteiger partial charge on any atom is 0.408 e. The monoisotopic (exact) mass is 724 g/mol. The lowest BCUT2D eigenvalue weighted by Gasteiger charge is -2.30. The first-order valence-electron chi connectivity index (χ1n) is 14.7. The van der Waals surface area contributed by atoms with Gasteiger partial charge in [-0.15, -0.1) is 0 Å². The van der Waals surface area contributed by atoms with Crippen LogP contribution in [0.2, 0.25) is 0 Å². The Hall–Kier alpha value is -4.27. The average Bonchev–Trinajstić information content (AvgIpc) is 3.01. The summed E-state index contributed by atoms with van der Waals surface area (Å²) in [5, 5.41) is 20.6. The predicted octanol–water partition coefficient (Wildman–Crippen LogP) is 5.63. The second kappa shape index (κ2) is 14.7. The van der Waals surface area contributed by atoms with Gasteiger partial charge >= 0.3 is 12.1 Å². The number of nitrogens with one attached hydrogen (secondary N) is 1. The van der Waals surface area contributed by atoms with Crippen LogP contribution in [0.4, 0.5) is 4.79 Å². The van der Waals surface area contributed by atoms with Crippen molar-refractivity contribution in [3.63, 3.8) is 0 Å². The van der Waals surface area contributed by atoms with Gasteiger partial charge in [-0.3, -0.25) is 9.97 Å². The van der Waals surface area contributed by atoms with E-state index in [0.29, 0.717) is 27.2 Å². The molecule has 12 nitrogen and oxygen atoms in total. The SMILES string of the molecule is CC(C)(Cc1ccc(Br)c(CN(Cc2ccc(-c3ccccc3)nn2)S(=O)(=O)c2cccnc2)n1)OC(=O)NC(C(=O)O)C(C)(C)C. The van der Waals surface area contributed by atoms with E-state index in [4.69, 9.17) is 9.72 Å². The fourth-order valence-corrected chi connectivity index (χ4v) is 6.37. The van der Waals surface area contributed by atoms with Crippen molar-refractivity contribution in [1.29, 1.82) is 0 Å². The van der Waals surface area contributed by atoms with Crippen molar-refractivity contribution in [2.75, 3.05) is 0 Å². The van der Waals surface area contributed by atoms with Gasteiger partial charge in [-0.1, -0.05) is 51.1 Å². The Kier molecular flexibility index (Phi) is 11.1. The number of nitrogens with zero attached hydrogens (tertiary/aromatic N) is 5. The zero-order chi connectivity index (χ0) is 34.4. The van der Waals surface area contributed by atoms with Gasteiger partial charge in [0.25, 0.3) is 0 Å². The molecule has 0 radical (unpaired) electrons. The van der Waals surface area contributed by atoms with Gasteiger partial charge in [0.05, 0.1) is 30.2 Å². The van der Waals surface area contributed by atoms with Crippen LogP contribution in [0.15, 0.2) is 88.5 Å². The van der Waals surface area contributed by atoms with E-state index in [1.54, 1.807) is 65.0 Å². The van der Waals surface area contributed by atoms with E-state index in [9.17, 15) is 23.1 Å². The highest BCUT2D eigenvalue weighted by Crippen LogP contribution is 2.26. The number of ether oxygens (including phenoxy) is 1. The van der Waals surface area contributed by atoms with E-state index in [2.05, 4.69) is 36.4 Å². The number of carboxylic acid groups (broad SMARTS) is 1. The molecule has 0 bridgehead atoms. The summed E-state index contributed by atoms with van der Waals surface area (Å²) in [5.41, 5.74) is 1.09. The number of hydrogen-bond donors (Lipinski definition) is 2. The van der Waals surface area contributed by atoms with Crippen molar-refractivity contribution in [3.8, 4) is 11.3 Å². The van der Waals surface area contributed by atoms with Crippen molar-refractivity contribution >= 4 is 38.0 Å². The van der Waals surface area contributed by atoms with Crippen LogP contribution in [0.5, 0.6) is 0 Å². The van der Waals surface area contributed by atoms with Gasteiger partial charge in [-0.05, 0) is 71.6 Å². The molecule has 0 saturated carbocycles. The number of aromatic nitrogens is 4. The molecule has 4 rings (SSSR count). The van der Waals surface area contributed by atoms with Crippen LogP contribution in [0.3, 0.4) is 0 Å². The summed E-state index contributed by atoms with van der Waals surface area (Å²) in [4.78, 5) is 33.1. The van der Waals surface area contributed by atoms with Crippen molar-refractivity contribution in [2.24, 2.45) is 5.41 Å². The quantitative estimate of drug-likeness (QED) is 0.187. The molecule has 1 atom stereocenters. The topological polar surface area (TPSA) is 165 Å². The molecular formula is C33H37BrN6O6S. The minimum atomic E-state index is -4.05. The number of alkyl carbamates (subject to hydrolysis) is 1. The standard InChI is InChI=1S/C33H37BrN6O6S/c1-32(2,3)29(30(41)42)37-31(43)46-33(4,5)18-23-13-15-26(34)28(36-23)21-40(47(44,45)25-12-9-17-35-19-25)20-24-14-16-27(39-38-24)22-10-7-6-8-11-22/h6-17,19,29H,18,20-21H2,1-5H3,(H,37,43)(H,41,42). The minimum absolute atomic E-state index is 0.0107. The van der Waals surface area contributed by atoms with Crippen molar-refractivity contribution < 1.29 is 27.9 Å². The van der Waals surface area contributed by atoms with Gasteiger partial charge in [-0.25, -0.2) is 18.0 Å². The number of benzene rings is 1. The van der Waals surface area contributed by atoms with Gasteiger partial charge in [0.15, 0.2) is 0 Å². The second-order valence-electron chi connectivity index (χ2n) is 12.6. The third-order valence-electron chi connectivity index (χ3n) is 7.05. The van der Waals surface area contributed by atoms with E-state index in [-0.39, 0.29) is 24.4 Å². The molecule has 0 spiro atoms. The summed E-state index contributed by atoms with van der Waals surface area (Å²) in [6, 6.07) is 18.4. The molecule has 0 saturated heterocycles. The molecule has 248 valence electrons. The highest BCUT2D eigenvalue weighted by Gasteiger charge is 2.35. The van der Waals surface area contributed by atoms with Crippen LogP contribution in [-0.4, -0.2) is 61.7 Å². The minimum Gasteiger partial charge on any atom is -0.480 e. The van der Waals surface area contributed by atoms with E-state index in [1.165, 1.54) is 22.8 Å². The van der Waals surface area contributed by atoms with Crippen molar-refractivity contribution in [3.05, 3.63) is 101 Å². The summed E-state index contributed by atoms with van der Waals surface area (Å²) < 4.78 is 35.2. The zero-order valence-corrected chi connectivity index (χ0v) is 29.1. The van der Waals surface area contributed by atoms with Gasteiger partial charge in [0.2, 0.25) is 10.0 Å². The number of carbonyl (C=O) groups is 2. The number of amides is 1. The Bertz CT molecular complexity index is 1800. The summed E-state index contributed by atoms with van der Waals surface area (Å²) in [6.45, 7) is 8.25. The van der Waals surface area contributed by atoms with Gasteiger partial charge in [-0.2, -0.15) is 14.5 Å². The van der Waals surface area contributed by atoms with Gasteiger partial charge < -0.3 is 15.2 Å². The number of halogens is 1. The highest BCUT2D eigenvalue weighted by molar-refractivity contribution is 9.10. The Morgan fingerprint density at radius 2 is 1.64 bits per heavy atom. The van der Waals surface area contributed by atoms with E-state index < -0.39 is 39.1 Å². The zero-order valence-electron chi connectivity index (χ0n) is 26.7. The molecular weight excluding hydrogens is 688 g/mol. The Morgan fingerprint density at radius 3 is 2.23 bits per heavy atom. The average molecular weight is 726 g/mol. The largest absolute Gasteiger partial charge is 0.480 e. The lowest BCUT2D eigenvalue weighted by molar-refractivity contribution is -0.142. The molecule has 0 aliphatic heterocycles. The maximum absolute atomic E-state index is 13.9. The molecule has 1 amide bonds. The van der Waals surface area contributed by atoms with Crippen LogP contribution in [0.1, 0.15) is 51.7 Å². The first-order chi connectivity index (χ1) is 22.0. The molecule has 4 aromatic rings. The van der Waals surface area contributed by atoms with E-state index in [0.717, 1.165) is 5.56 Å². The first-order valence-corrected chi connectivity index (χ1v) is 16.9. The summed E-state index contributed by atoms with van der Waals surface area (Å²) >= 11 is 3.51. The number of sulfonamides is 1. The summed E-state index contributed by atoms with van der Waals surface area (Å²) in [7, 11) is -4.05. The summed E-state index contributed by atoms with van der Waals surface area (Å²) in [6.07, 6.45) is 2.07. The Morgan fingerprint density at radius 1 is 0.936 bits per heavy atom. The van der Waals surface area contributed by atoms with Crippen LogP contribution < -0.4 is 5.32 Å². The van der Waals surface area contributed by atoms with E-state index in [1.807, 2.05) is 30.3 Å². The van der Waals surface area contributed by atoms with Gasteiger partial charge in [0.1, 0.15) is 16.5 Å². The van der Waals surface area contributed by atoms with Gasteiger partial charge in [0, 0.05) is 34.5 Å². The molecule has 3 aromatic heterocycles. The molecule has 1 unspecified atom stereocenters. The molecule has 3 heterocycles. The van der Waals surface area contributed by atoms with Crippen molar-refractivity contribution in [2.45, 2.75) is 70.7 Å². The second-order valence-corrected chi connectivity index (χ2v) is 15.4. The normalized spacial score (nSPS) is 12.8. The molecule has 0 aliphatic rings. The maximum atomic E-state index is 13.9. The van der Waals surface area contributed by atoms with Crippen LogP contribution in [0, 0.1) is 5.41 Å². The predicted molar refractivity (Wildman–Crippen MR) is 178 cm³/mol.